The number of benzene rings is 4. The van der Waals surface area contributed by atoms with Crippen LogP contribution in [-0.4, -0.2) is 39.6 Å². The smallest absolute Gasteiger partial charge is 0.264 e. The van der Waals surface area contributed by atoms with Crippen molar-refractivity contribution in [2.45, 2.75) is 24.8 Å². The summed E-state index contributed by atoms with van der Waals surface area (Å²) in [6.07, 6.45) is 1.42. The van der Waals surface area contributed by atoms with Crippen molar-refractivity contribution in [1.29, 1.82) is 0 Å². The summed E-state index contributed by atoms with van der Waals surface area (Å²) in [5.74, 6) is -0.397. The minimum Gasteiger partial charge on any atom is -0.484 e. The molecule has 9 nitrogen and oxygen atoms in total. The normalized spacial score (nSPS) is 12.0. The van der Waals surface area contributed by atoms with Gasteiger partial charge in [0.2, 0.25) is 0 Å². The summed E-state index contributed by atoms with van der Waals surface area (Å²) in [4.78, 5) is 25.1. The van der Waals surface area contributed by atoms with Crippen LogP contribution in [0, 0.1) is 6.92 Å². The number of amides is 2. The molecule has 0 aliphatic heterocycles. The van der Waals surface area contributed by atoms with Crippen LogP contribution in [-0.2, 0) is 19.6 Å². The number of carbonyl (C=O) groups is 2. The van der Waals surface area contributed by atoms with Crippen LogP contribution in [0.15, 0.2) is 113 Å². The van der Waals surface area contributed by atoms with E-state index >= 15 is 0 Å². The van der Waals surface area contributed by atoms with E-state index in [0.717, 1.165) is 9.87 Å². The van der Waals surface area contributed by atoms with Crippen molar-refractivity contribution in [3.8, 4) is 5.75 Å². The molecular formula is C32H31ClN4O5S. The van der Waals surface area contributed by atoms with E-state index < -0.39 is 22.5 Å². The van der Waals surface area contributed by atoms with Crippen molar-refractivity contribution in [1.82, 2.24) is 10.7 Å². The Kier molecular flexibility index (Phi) is 10.5. The lowest BCUT2D eigenvalue weighted by Gasteiger charge is -2.25. The molecule has 1 atom stereocenters. The van der Waals surface area contributed by atoms with Gasteiger partial charge in [0.15, 0.2) is 6.61 Å². The number of hydrogen-bond donors (Lipinski definition) is 2. The van der Waals surface area contributed by atoms with Gasteiger partial charge in [-0.25, -0.2) is 13.8 Å². The summed E-state index contributed by atoms with van der Waals surface area (Å²) < 4.78 is 33.6. The van der Waals surface area contributed by atoms with Crippen molar-refractivity contribution in [2.24, 2.45) is 5.10 Å². The Balaban J connectivity index is 1.34. The van der Waals surface area contributed by atoms with Gasteiger partial charge < -0.3 is 10.1 Å². The number of aryl methyl sites for hydroxylation is 1. The van der Waals surface area contributed by atoms with Gasteiger partial charge in [-0.2, -0.15) is 5.10 Å². The van der Waals surface area contributed by atoms with Gasteiger partial charge in [0.05, 0.1) is 22.8 Å². The van der Waals surface area contributed by atoms with Crippen LogP contribution in [0.25, 0.3) is 0 Å². The summed E-state index contributed by atoms with van der Waals surface area (Å²) in [6.45, 7) is 2.97. The van der Waals surface area contributed by atoms with Crippen molar-refractivity contribution in [3.05, 3.63) is 125 Å². The summed E-state index contributed by atoms with van der Waals surface area (Å²) >= 11 is 6.07. The summed E-state index contributed by atoms with van der Waals surface area (Å²) in [6, 6.07) is 28.9. The number of rotatable bonds is 12. The largest absolute Gasteiger partial charge is 0.484 e. The van der Waals surface area contributed by atoms with Gasteiger partial charge in [-0.05, 0) is 85.1 Å². The first-order valence-corrected chi connectivity index (χ1v) is 15.2. The van der Waals surface area contributed by atoms with E-state index in [2.05, 4.69) is 15.8 Å². The van der Waals surface area contributed by atoms with Crippen molar-refractivity contribution < 1.29 is 22.7 Å². The highest BCUT2D eigenvalue weighted by Gasteiger charge is 2.28. The monoisotopic (exact) mass is 618 g/mol. The summed E-state index contributed by atoms with van der Waals surface area (Å²) in [5, 5.41) is 7.31. The zero-order valence-corrected chi connectivity index (χ0v) is 25.2. The van der Waals surface area contributed by atoms with Crippen LogP contribution < -0.4 is 19.8 Å². The van der Waals surface area contributed by atoms with Crippen LogP contribution in [0.4, 0.5) is 5.69 Å². The SMILES string of the molecule is Cc1cc(Cl)ccc1N(CC(=O)N/N=C\c1ccc(OCC(=O)N[C@@H](C)c2ccccc2)cc1)S(=O)(=O)c1ccccc1. The van der Waals surface area contributed by atoms with Gasteiger partial charge in [0.1, 0.15) is 12.3 Å². The molecule has 0 fully saturated rings. The predicted molar refractivity (Wildman–Crippen MR) is 168 cm³/mol. The van der Waals surface area contributed by atoms with Crippen LogP contribution in [0.2, 0.25) is 5.02 Å². The Hall–Kier alpha value is -4.67. The maximum atomic E-state index is 13.5. The van der Waals surface area contributed by atoms with Gasteiger partial charge in [-0.15, -0.1) is 0 Å². The molecule has 2 N–H and O–H groups in total. The summed E-state index contributed by atoms with van der Waals surface area (Å²) in [5.41, 5.74) is 4.95. The van der Waals surface area contributed by atoms with Gasteiger partial charge >= 0.3 is 0 Å². The highest BCUT2D eigenvalue weighted by Crippen LogP contribution is 2.28. The molecule has 222 valence electrons. The highest BCUT2D eigenvalue weighted by atomic mass is 35.5. The Bertz CT molecular complexity index is 1680. The molecule has 2 amide bonds. The Morgan fingerprint density at radius 3 is 2.23 bits per heavy atom. The van der Waals surface area contributed by atoms with Gasteiger partial charge in [0, 0.05) is 5.02 Å². The number of sulfonamides is 1. The fraction of sp³-hybridized carbons (Fsp3) is 0.156. The lowest BCUT2D eigenvalue weighted by molar-refractivity contribution is -0.123. The van der Waals surface area contributed by atoms with E-state index in [4.69, 9.17) is 16.3 Å². The maximum absolute atomic E-state index is 13.5. The number of hydrogen-bond acceptors (Lipinski definition) is 6. The minimum atomic E-state index is -4.06. The molecular weight excluding hydrogens is 588 g/mol. The zero-order chi connectivity index (χ0) is 30.8. The second kappa shape index (κ2) is 14.5. The van der Waals surface area contributed by atoms with Crippen molar-refractivity contribution in [2.75, 3.05) is 17.5 Å². The van der Waals surface area contributed by atoms with Crippen molar-refractivity contribution >= 4 is 45.3 Å². The molecule has 0 radical (unpaired) electrons. The molecule has 11 heteroatoms. The molecule has 0 saturated heterocycles. The lowest BCUT2D eigenvalue weighted by atomic mass is 10.1. The number of halogens is 1. The molecule has 0 heterocycles. The van der Waals surface area contributed by atoms with Gasteiger partial charge in [-0.3, -0.25) is 13.9 Å². The zero-order valence-electron chi connectivity index (χ0n) is 23.6. The van der Waals surface area contributed by atoms with Gasteiger partial charge in [0.25, 0.3) is 21.8 Å². The quantitative estimate of drug-likeness (QED) is 0.166. The molecule has 4 rings (SSSR count). The second-order valence-corrected chi connectivity index (χ2v) is 11.9. The average Bonchev–Trinajstić information content (AvgIpc) is 3.00. The Labute approximate surface area is 256 Å². The number of carbonyl (C=O) groups excluding carboxylic acids is 2. The Morgan fingerprint density at radius 2 is 1.58 bits per heavy atom. The van der Waals surface area contributed by atoms with Crippen LogP contribution in [0.3, 0.4) is 0 Å². The topological polar surface area (TPSA) is 117 Å². The number of anilines is 1. The average molecular weight is 619 g/mol. The third-order valence-corrected chi connectivity index (χ3v) is 8.38. The highest BCUT2D eigenvalue weighted by molar-refractivity contribution is 7.92. The van der Waals surface area contributed by atoms with Crippen LogP contribution >= 0.6 is 11.6 Å². The van der Waals surface area contributed by atoms with E-state index in [1.165, 1.54) is 18.3 Å². The molecule has 4 aromatic rings. The molecule has 0 spiro atoms. The molecule has 0 unspecified atom stereocenters. The fourth-order valence-electron chi connectivity index (χ4n) is 4.17. The van der Waals surface area contributed by atoms with E-state index in [1.807, 2.05) is 37.3 Å². The number of hydrazone groups is 1. The second-order valence-electron chi connectivity index (χ2n) is 9.61. The molecule has 0 saturated carbocycles. The molecule has 43 heavy (non-hydrogen) atoms. The third kappa shape index (κ3) is 8.67. The minimum absolute atomic E-state index is 0.0474. The lowest BCUT2D eigenvalue weighted by Crippen LogP contribution is -2.40. The summed E-state index contributed by atoms with van der Waals surface area (Å²) in [7, 11) is -4.06. The predicted octanol–water partition coefficient (Wildman–Crippen LogP) is 5.25. The molecule has 0 bridgehead atoms. The first-order chi connectivity index (χ1) is 20.6. The van der Waals surface area contributed by atoms with Crippen molar-refractivity contribution in [3.63, 3.8) is 0 Å². The van der Waals surface area contributed by atoms with E-state index in [0.29, 0.717) is 27.6 Å². The number of ether oxygens (including phenoxy) is 1. The third-order valence-electron chi connectivity index (χ3n) is 6.38. The molecule has 0 aliphatic carbocycles. The first-order valence-electron chi connectivity index (χ1n) is 13.4. The molecule has 4 aromatic carbocycles. The molecule has 0 aliphatic rings. The van der Waals surface area contributed by atoms with Crippen LogP contribution in [0.5, 0.6) is 5.75 Å². The van der Waals surface area contributed by atoms with E-state index in [9.17, 15) is 18.0 Å². The molecule has 0 aromatic heterocycles. The number of nitrogens with zero attached hydrogens (tertiary/aromatic N) is 2. The van der Waals surface area contributed by atoms with E-state index in [1.54, 1.807) is 67.6 Å². The van der Waals surface area contributed by atoms with Gasteiger partial charge in [-0.1, -0.05) is 60.1 Å². The maximum Gasteiger partial charge on any atom is 0.264 e. The number of nitrogens with one attached hydrogen (secondary N) is 2. The van der Waals surface area contributed by atoms with Crippen LogP contribution in [0.1, 0.15) is 29.7 Å². The fourth-order valence-corrected chi connectivity index (χ4v) is 5.90. The standard InChI is InChI=1S/C32H31ClN4O5S/c1-23-19-27(33)15-18-30(23)37(43(40,41)29-11-7-4-8-12-29)21-31(38)36-34-20-25-13-16-28(17-14-25)42-22-32(39)35-24(2)26-9-5-3-6-10-26/h3-20,24H,21-22H2,1-2H3,(H,35,39)(H,36,38)/b34-20-/t24-/m0/s1. The first kappa shape index (κ1) is 31.3. The van der Waals surface area contributed by atoms with E-state index in [-0.39, 0.29) is 23.5 Å². The Morgan fingerprint density at radius 1 is 0.930 bits per heavy atom.